The Morgan fingerprint density at radius 1 is 1.12 bits per heavy atom. The van der Waals surface area contributed by atoms with E-state index in [1.165, 1.54) is 0 Å². The van der Waals surface area contributed by atoms with Crippen molar-refractivity contribution in [2.24, 2.45) is 0 Å². The van der Waals surface area contributed by atoms with E-state index in [1.54, 1.807) is 6.07 Å². The van der Waals surface area contributed by atoms with Crippen LogP contribution in [-0.2, 0) is 0 Å². The standard InChI is InChI=1S/C10H15ClN2O2.ClH/c1-3-14-9-6(11)5-7(12)10(8(9)13)15-4-2;/h5H,3-4,12-13H2,1-2H3;1H. The van der Waals surface area contributed by atoms with Crippen LogP contribution in [0, 0.1) is 0 Å². The molecule has 0 aliphatic heterocycles. The molecule has 0 aliphatic rings. The summed E-state index contributed by atoms with van der Waals surface area (Å²) in [5.74, 6) is 0.863. The molecule has 4 nitrogen and oxygen atoms in total. The van der Waals surface area contributed by atoms with E-state index in [0.717, 1.165) is 0 Å². The Hall–Kier alpha value is -1.00. The topological polar surface area (TPSA) is 70.5 Å². The van der Waals surface area contributed by atoms with Crippen molar-refractivity contribution in [2.45, 2.75) is 13.8 Å². The number of hydrogen-bond acceptors (Lipinski definition) is 4. The SMILES string of the molecule is CCOc1c(N)cc(Cl)c(OCC)c1N.Cl. The Labute approximate surface area is 106 Å². The first kappa shape index (κ1) is 15.0. The van der Waals surface area contributed by atoms with Crippen molar-refractivity contribution in [3.8, 4) is 11.5 Å². The highest BCUT2D eigenvalue weighted by atomic mass is 35.5. The molecule has 0 amide bonds. The summed E-state index contributed by atoms with van der Waals surface area (Å²) < 4.78 is 10.6. The minimum atomic E-state index is 0. The van der Waals surface area contributed by atoms with Crippen molar-refractivity contribution in [3.05, 3.63) is 11.1 Å². The fourth-order valence-electron chi connectivity index (χ4n) is 1.25. The number of rotatable bonds is 4. The van der Waals surface area contributed by atoms with Gasteiger partial charge in [-0.1, -0.05) is 11.6 Å². The fraction of sp³-hybridized carbons (Fsp3) is 0.400. The minimum Gasteiger partial charge on any atom is -0.490 e. The highest BCUT2D eigenvalue weighted by molar-refractivity contribution is 6.33. The van der Waals surface area contributed by atoms with Crippen molar-refractivity contribution in [3.63, 3.8) is 0 Å². The molecule has 0 unspecified atom stereocenters. The lowest BCUT2D eigenvalue weighted by Gasteiger charge is -2.15. The molecule has 0 bridgehead atoms. The summed E-state index contributed by atoms with van der Waals surface area (Å²) in [7, 11) is 0. The number of halogens is 2. The van der Waals surface area contributed by atoms with E-state index in [0.29, 0.717) is 41.1 Å². The molecule has 0 aromatic heterocycles. The maximum atomic E-state index is 5.95. The Kier molecular flexibility index (Phi) is 6.14. The van der Waals surface area contributed by atoms with Gasteiger partial charge >= 0.3 is 0 Å². The lowest BCUT2D eigenvalue weighted by atomic mass is 10.2. The Morgan fingerprint density at radius 2 is 1.62 bits per heavy atom. The van der Waals surface area contributed by atoms with Gasteiger partial charge in [0.2, 0.25) is 0 Å². The lowest BCUT2D eigenvalue weighted by molar-refractivity contribution is 0.328. The van der Waals surface area contributed by atoms with Gasteiger partial charge in [-0.15, -0.1) is 12.4 Å². The van der Waals surface area contributed by atoms with E-state index in [2.05, 4.69) is 0 Å². The summed E-state index contributed by atoms with van der Waals surface area (Å²) in [5.41, 5.74) is 12.3. The number of nitrogen functional groups attached to an aromatic ring is 2. The van der Waals surface area contributed by atoms with Crippen molar-refractivity contribution < 1.29 is 9.47 Å². The van der Waals surface area contributed by atoms with Gasteiger partial charge in [0.15, 0.2) is 11.5 Å². The highest BCUT2D eigenvalue weighted by Gasteiger charge is 2.15. The summed E-state index contributed by atoms with van der Waals surface area (Å²) in [5, 5.41) is 0.398. The van der Waals surface area contributed by atoms with E-state index in [-0.39, 0.29) is 12.4 Å². The normalized spacial score (nSPS) is 9.44. The van der Waals surface area contributed by atoms with E-state index in [1.807, 2.05) is 13.8 Å². The Balaban J connectivity index is 0.00000225. The third-order valence-corrected chi connectivity index (χ3v) is 2.11. The third kappa shape index (κ3) is 3.00. The Bertz CT molecular complexity index is 329. The van der Waals surface area contributed by atoms with Crippen molar-refractivity contribution in [1.82, 2.24) is 0 Å². The maximum Gasteiger partial charge on any atom is 0.168 e. The molecule has 92 valence electrons. The molecule has 0 saturated heterocycles. The van der Waals surface area contributed by atoms with Crippen LogP contribution in [0.15, 0.2) is 6.07 Å². The van der Waals surface area contributed by atoms with E-state index in [4.69, 9.17) is 32.5 Å². The summed E-state index contributed by atoms with van der Waals surface area (Å²) in [4.78, 5) is 0. The van der Waals surface area contributed by atoms with E-state index in [9.17, 15) is 0 Å². The molecule has 0 heterocycles. The zero-order valence-electron chi connectivity index (χ0n) is 9.25. The lowest BCUT2D eigenvalue weighted by Crippen LogP contribution is -2.04. The quantitative estimate of drug-likeness (QED) is 0.823. The molecular weight excluding hydrogens is 251 g/mol. The van der Waals surface area contributed by atoms with Crippen LogP contribution in [0.4, 0.5) is 11.4 Å². The second-order valence-corrected chi connectivity index (χ2v) is 3.29. The summed E-state index contributed by atoms with van der Waals surface area (Å²) >= 11 is 5.95. The molecule has 6 heteroatoms. The van der Waals surface area contributed by atoms with Crippen LogP contribution in [0.2, 0.25) is 5.02 Å². The van der Waals surface area contributed by atoms with Gasteiger partial charge in [0.1, 0.15) is 5.69 Å². The van der Waals surface area contributed by atoms with Gasteiger partial charge in [0, 0.05) is 0 Å². The second kappa shape index (κ2) is 6.55. The summed E-state index contributed by atoms with van der Waals surface area (Å²) in [6.07, 6.45) is 0. The predicted molar refractivity (Wildman–Crippen MR) is 69.9 cm³/mol. The first-order valence-electron chi connectivity index (χ1n) is 4.74. The van der Waals surface area contributed by atoms with Crippen LogP contribution in [0.3, 0.4) is 0 Å². The highest BCUT2D eigenvalue weighted by Crippen LogP contribution is 2.42. The smallest absolute Gasteiger partial charge is 0.168 e. The van der Waals surface area contributed by atoms with Crippen molar-refractivity contribution in [1.29, 1.82) is 0 Å². The molecule has 1 aromatic carbocycles. The van der Waals surface area contributed by atoms with Gasteiger partial charge in [-0.25, -0.2) is 0 Å². The molecule has 4 N–H and O–H groups in total. The fourth-order valence-corrected chi connectivity index (χ4v) is 1.53. The molecule has 16 heavy (non-hydrogen) atoms. The molecule has 0 fully saturated rings. The number of hydrogen-bond donors (Lipinski definition) is 2. The molecule has 1 rings (SSSR count). The largest absolute Gasteiger partial charge is 0.490 e. The number of anilines is 2. The minimum absolute atomic E-state index is 0. The van der Waals surface area contributed by atoms with Crippen LogP contribution in [-0.4, -0.2) is 13.2 Å². The third-order valence-electron chi connectivity index (χ3n) is 1.83. The second-order valence-electron chi connectivity index (χ2n) is 2.89. The van der Waals surface area contributed by atoms with Gasteiger partial charge in [0.05, 0.1) is 23.9 Å². The van der Waals surface area contributed by atoms with Gasteiger partial charge in [-0.05, 0) is 19.9 Å². The first-order chi connectivity index (χ1) is 7.11. The average Bonchev–Trinajstić information content (AvgIpc) is 2.19. The number of benzene rings is 1. The number of ether oxygens (including phenoxy) is 2. The zero-order chi connectivity index (χ0) is 11.4. The molecule has 1 aromatic rings. The van der Waals surface area contributed by atoms with Crippen molar-refractivity contribution >= 4 is 35.4 Å². The van der Waals surface area contributed by atoms with Crippen LogP contribution in [0.1, 0.15) is 13.8 Å². The number of nitrogens with two attached hydrogens (primary N) is 2. The monoisotopic (exact) mass is 266 g/mol. The first-order valence-corrected chi connectivity index (χ1v) is 5.12. The summed E-state index contributed by atoms with van der Waals surface area (Å²) in [6.45, 7) is 4.68. The van der Waals surface area contributed by atoms with Crippen LogP contribution >= 0.6 is 24.0 Å². The zero-order valence-corrected chi connectivity index (χ0v) is 10.8. The van der Waals surface area contributed by atoms with Gasteiger partial charge < -0.3 is 20.9 Å². The van der Waals surface area contributed by atoms with Crippen LogP contribution in [0.25, 0.3) is 0 Å². The van der Waals surface area contributed by atoms with Crippen molar-refractivity contribution in [2.75, 3.05) is 24.7 Å². The predicted octanol–water partition coefficient (Wildman–Crippen LogP) is 2.72. The van der Waals surface area contributed by atoms with Gasteiger partial charge in [0.25, 0.3) is 0 Å². The maximum absolute atomic E-state index is 5.95. The summed E-state index contributed by atoms with van der Waals surface area (Å²) in [6, 6.07) is 1.58. The van der Waals surface area contributed by atoms with Gasteiger partial charge in [-0.3, -0.25) is 0 Å². The van der Waals surface area contributed by atoms with Crippen LogP contribution < -0.4 is 20.9 Å². The Morgan fingerprint density at radius 3 is 2.12 bits per heavy atom. The molecule has 0 atom stereocenters. The van der Waals surface area contributed by atoms with Gasteiger partial charge in [-0.2, -0.15) is 0 Å². The molecule has 0 aliphatic carbocycles. The van der Waals surface area contributed by atoms with Crippen LogP contribution in [0.5, 0.6) is 11.5 Å². The molecule has 0 radical (unpaired) electrons. The molecule has 0 spiro atoms. The van der Waals surface area contributed by atoms with E-state index < -0.39 is 0 Å². The molecule has 0 saturated carbocycles. The average molecular weight is 267 g/mol. The van der Waals surface area contributed by atoms with E-state index >= 15 is 0 Å². The molecular formula is C10H16Cl2N2O2.